The Kier molecular flexibility index (Phi) is 6.05. The predicted molar refractivity (Wildman–Crippen MR) is 95.3 cm³/mol. The minimum Gasteiger partial charge on any atom is -0.467 e. The first-order chi connectivity index (χ1) is 12.1. The van der Waals surface area contributed by atoms with Crippen molar-refractivity contribution >= 4 is 17.0 Å². The Bertz CT molecular complexity index is 874. The molecule has 7 heteroatoms. The van der Waals surface area contributed by atoms with Gasteiger partial charge in [-0.3, -0.25) is 0 Å². The van der Waals surface area contributed by atoms with Gasteiger partial charge in [0.25, 0.3) is 0 Å². The van der Waals surface area contributed by atoms with Gasteiger partial charge in [-0.1, -0.05) is 26.0 Å². The number of fused-ring (bicyclic) bond motifs is 1. The number of hydrogen-bond donors (Lipinski definition) is 0. The Morgan fingerprint density at radius 1 is 1.28 bits per heavy atom. The van der Waals surface area contributed by atoms with Crippen molar-refractivity contribution < 1.29 is 14.3 Å². The highest BCUT2D eigenvalue weighted by molar-refractivity contribution is 6.01. The number of carbonyl (C=O) groups excluding carboxylic acids is 1. The summed E-state index contributed by atoms with van der Waals surface area (Å²) in [5.41, 5.74) is 2.55. The van der Waals surface area contributed by atoms with Gasteiger partial charge in [-0.05, 0) is 31.5 Å². The zero-order chi connectivity index (χ0) is 18.4. The first-order valence-electron chi connectivity index (χ1n) is 8.18. The molecule has 0 aliphatic carbocycles. The summed E-state index contributed by atoms with van der Waals surface area (Å²) in [4.78, 5) is 20.5. The smallest absolute Gasteiger partial charge is 0.359 e. The normalized spacial score (nSPS) is 10.1. The van der Waals surface area contributed by atoms with Crippen molar-refractivity contribution in [2.75, 3.05) is 13.7 Å². The minimum atomic E-state index is -0.502. The minimum absolute atomic E-state index is 0.186. The van der Waals surface area contributed by atoms with Crippen LogP contribution >= 0.6 is 0 Å². The van der Waals surface area contributed by atoms with Crippen LogP contribution in [0.3, 0.4) is 0 Å². The van der Waals surface area contributed by atoms with E-state index in [4.69, 9.17) is 9.47 Å². The van der Waals surface area contributed by atoms with Crippen LogP contribution in [-0.2, 0) is 4.74 Å². The van der Waals surface area contributed by atoms with E-state index in [0.717, 1.165) is 11.3 Å². The van der Waals surface area contributed by atoms with Crippen LogP contribution in [0.1, 0.15) is 36.8 Å². The lowest BCUT2D eigenvalue weighted by Crippen LogP contribution is -2.07. The second kappa shape index (κ2) is 8.23. The van der Waals surface area contributed by atoms with E-state index in [-0.39, 0.29) is 18.3 Å². The molecule has 0 saturated heterocycles. The van der Waals surface area contributed by atoms with Crippen LogP contribution in [0.15, 0.2) is 30.5 Å². The fourth-order valence-corrected chi connectivity index (χ4v) is 2.28. The average Bonchev–Trinajstić information content (AvgIpc) is 3.02. The fraction of sp³-hybridized carbons (Fsp3) is 0.333. The van der Waals surface area contributed by atoms with Gasteiger partial charge in [0.1, 0.15) is 0 Å². The quantitative estimate of drug-likeness (QED) is 0.677. The molecule has 2 aromatic heterocycles. The summed E-state index contributed by atoms with van der Waals surface area (Å²) in [6.45, 7) is 8.00. The number of carbonyl (C=O) groups is 1. The summed E-state index contributed by atoms with van der Waals surface area (Å²) in [5.74, 6) is -0.502. The molecule has 132 valence electrons. The summed E-state index contributed by atoms with van der Waals surface area (Å²) in [7, 11) is 1.49. The molecule has 2 heterocycles. The zero-order valence-electron chi connectivity index (χ0n) is 15.1. The van der Waals surface area contributed by atoms with Crippen molar-refractivity contribution in [3.63, 3.8) is 0 Å². The van der Waals surface area contributed by atoms with Gasteiger partial charge in [0.15, 0.2) is 11.3 Å². The van der Waals surface area contributed by atoms with Crippen molar-refractivity contribution in [3.8, 4) is 11.7 Å². The number of ether oxygens (including phenoxy) is 2. The van der Waals surface area contributed by atoms with Crippen LogP contribution in [0, 0.1) is 6.92 Å². The van der Waals surface area contributed by atoms with E-state index in [1.54, 1.807) is 11.6 Å². The molecule has 3 rings (SSSR count). The van der Waals surface area contributed by atoms with E-state index in [0.29, 0.717) is 11.0 Å². The maximum absolute atomic E-state index is 12.1. The topological polar surface area (TPSA) is 79.1 Å². The van der Waals surface area contributed by atoms with Crippen LogP contribution in [-0.4, -0.2) is 39.4 Å². The molecule has 25 heavy (non-hydrogen) atoms. The van der Waals surface area contributed by atoms with Gasteiger partial charge < -0.3 is 9.47 Å². The molecule has 0 fully saturated rings. The highest BCUT2D eigenvalue weighted by atomic mass is 16.5. The molecule has 0 spiro atoms. The summed E-state index contributed by atoms with van der Waals surface area (Å²) in [6.07, 6.45) is 1.52. The molecule has 1 aromatic carbocycles. The number of aryl methyl sites for hydroxylation is 1. The largest absolute Gasteiger partial charge is 0.467 e. The highest BCUT2D eigenvalue weighted by Gasteiger charge is 2.21. The molecule has 0 amide bonds. The predicted octanol–water partition coefficient (Wildman–Crippen LogP) is 3.34. The summed E-state index contributed by atoms with van der Waals surface area (Å²) in [6, 6.07) is 7.96. The number of esters is 1. The monoisotopic (exact) mass is 342 g/mol. The lowest BCUT2D eigenvalue weighted by Gasteiger charge is -2.04. The Hall–Kier alpha value is -2.96. The van der Waals surface area contributed by atoms with Gasteiger partial charge in [0.2, 0.25) is 0 Å². The summed E-state index contributed by atoms with van der Waals surface area (Å²) in [5, 5.41) is 4.90. The molecular formula is C18H22N4O3. The molecule has 0 saturated carbocycles. The standard InChI is InChI=1S/C16H16N4O3.C2H6/c1-4-23-15(21)13-12-9-17-16(22-3)18-14(12)20(19-13)11-7-5-6-10(2)8-11;1-2/h5-9H,4H2,1-3H3;1-2H3. The Morgan fingerprint density at radius 2 is 2.04 bits per heavy atom. The third-order valence-corrected chi connectivity index (χ3v) is 3.30. The fourth-order valence-electron chi connectivity index (χ4n) is 2.28. The number of benzene rings is 1. The second-order valence-corrected chi connectivity index (χ2v) is 4.91. The molecule has 0 aliphatic heterocycles. The Labute approximate surface area is 146 Å². The molecule has 0 atom stereocenters. The van der Waals surface area contributed by atoms with Gasteiger partial charge in [0, 0.05) is 6.20 Å². The van der Waals surface area contributed by atoms with Gasteiger partial charge >= 0.3 is 12.0 Å². The number of rotatable bonds is 4. The van der Waals surface area contributed by atoms with Crippen molar-refractivity contribution in [1.29, 1.82) is 0 Å². The zero-order valence-corrected chi connectivity index (χ0v) is 15.1. The van der Waals surface area contributed by atoms with Crippen molar-refractivity contribution in [2.24, 2.45) is 0 Å². The van der Waals surface area contributed by atoms with Crippen LogP contribution in [0.4, 0.5) is 0 Å². The number of nitrogens with zero attached hydrogens (tertiary/aromatic N) is 4. The molecule has 0 bridgehead atoms. The SMILES string of the molecule is CC.CCOC(=O)c1nn(-c2cccc(C)c2)c2nc(OC)ncc12. The molecule has 0 radical (unpaired) electrons. The van der Waals surface area contributed by atoms with Crippen LogP contribution in [0.2, 0.25) is 0 Å². The van der Waals surface area contributed by atoms with Crippen molar-refractivity contribution in [1.82, 2.24) is 19.7 Å². The summed E-state index contributed by atoms with van der Waals surface area (Å²) >= 11 is 0. The van der Waals surface area contributed by atoms with Crippen LogP contribution in [0.5, 0.6) is 6.01 Å². The molecule has 0 N–H and O–H groups in total. The van der Waals surface area contributed by atoms with Crippen molar-refractivity contribution in [2.45, 2.75) is 27.7 Å². The van der Waals surface area contributed by atoms with Gasteiger partial charge in [-0.2, -0.15) is 10.1 Å². The first kappa shape index (κ1) is 18.4. The van der Waals surface area contributed by atoms with E-state index in [1.165, 1.54) is 13.3 Å². The third kappa shape index (κ3) is 3.76. The molecule has 0 aliphatic rings. The Balaban J connectivity index is 0.00000109. The number of aromatic nitrogens is 4. The molecular weight excluding hydrogens is 320 g/mol. The maximum atomic E-state index is 12.1. The molecule has 3 aromatic rings. The third-order valence-electron chi connectivity index (χ3n) is 3.30. The summed E-state index contributed by atoms with van der Waals surface area (Å²) < 4.78 is 11.7. The highest BCUT2D eigenvalue weighted by Crippen LogP contribution is 2.22. The van der Waals surface area contributed by atoms with E-state index < -0.39 is 5.97 Å². The maximum Gasteiger partial charge on any atom is 0.359 e. The Morgan fingerprint density at radius 3 is 2.68 bits per heavy atom. The van der Waals surface area contributed by atoms with Crippen molar-refractivity contribution in [3.05, 3.63) is 41.7 Å². The molecule has 0 unspecified atom stereocenters. The van der Waals surface area contributed by atoms with Gasteiger partial charge in [0.05, 0.1) is 24.8 Å². The van der Waals surface area contributed by atoms with E-state index in [2.05, 4.69) is 15.1 Å². The van der Waals surface area contributed by atoms with Crippen LogP contribution in [0.25, 0.3) is 16.7 Å². The van der Waals surface area contributed by atoms with Gasteiger partial charge in [-0.25, -0.2) is 14.5 Å². The number of methoxy groups -OCH3 is 1. The van der Waals surface area contributed by atoms with E-state index in [9.17, 15) is 4.79 Å². The molecule has 7 nitrogen and oxygen atoms in total. The first-order valence-corrected chi connectivity index (χ1v) is 8.18. The van der Waals surface area contributed by atoms with Crippen LogP contribution < -0.4 is 4.74 Å². The van der Waals surface area contributed by atoms with E-state index >= 15 is 0 Å². The lowest BCUT2D eigenvalue weighted by molar-refractivity contribution is 0.0521. The average molecular weight is 342 g/mol. The van der Waals surface area contributed by atoms with E-state index in [1.807, 2.05) is 45.0 Å². The number of hydrogen-bond acceptors (Lipinski definition) is 6. The van der Waals surface area contributed by atoms with Gasteiger partial charge in [-0.15, -0.1) is 0 Å². The lowest BCUT2D eigenvalue weighted by atomic mass is 10.2. The second-order valence-electron chi connectivity index (χ2n) is 4.91.